The van der Waals surface area contributed by atoms with E-state index >= 15 is 0 Å². The number of fused-ring (bicyclic) bond motifs is 1. The van der Waals surface area contributed by atoms with Crippen molar-refractivity contribution >= 4 is 6.03 Å². The normalized spacial score (nSPS) is 25.1. The highest BCUT2D eigenvalue weighted by Gasteiger charge is 2.32. The van der Waals surface area contributed by atoms with Crippen LogP contribution in [0.2, 0.25) is 0 Å². The van der Waals surface area contributed by atoms with Crippen LogP contribution < -0.4 is 10.6 Å². The molecule has 2 N–H and O–H groups in total. The molecule has 0 unspecified atom stereocenters. The fourth-order valence-electron chi connectivity index (χ4n) is 3.78. The molecule has 132 valence electrons. The van der Waals surface area contributed by atoms with Gasteiger partial charge in [-0.3, -0.25) is 4.90 Å². The van der Waals surface area contributed by atoms with Crippen LogP contribution in [0.4, 0.5) is 4.79 Å². The van der Waals surface area contributed by atoms with E-state index in [0.29, 0.717) is 12.6 Å². The average Bonchev–Trinajstić information content (AvgIpc) is 3.03. The first-order valence-corrected chi connectivity index (χ1v) is 9.00. The molecule has 3 atom stereocenters. The van der Waals surface area contributed by atoms with E-state index in [1.165, 1.54) is 36.1 Å². The maximum Gasteiger partial charge on any atom is 0.315 e. The Morgan fingerprint density at radius 1 is 1.42 bits per heavy atom. The van der Waals surface area contributed by atoms with Crippen LogP contribution in [-0.2, 0) is 4.74 Å². The quantitative estimate of drug-likeness (QED) is 0.891. The molecule has 24 heavy (non-hydrogen) atoms. The van der Waals surface area contributed by atoms with Crippen molar-refractivity contribution in [2.45, 2.75) is 51.8 Å². The van der Waals surface area contributed by atoms with Gasteiger partial charge < -0.3 is 15.4 Å². The van der Waals surface area contributed by atoms with E-state index in [2.05, 4.69) is 41.5 Å². The number of carbonyl (C=O) groups excluding carboxylic acids is 1. The van der Waals surface area contributed by atoms with E-state index in [1.54, 1.807) is 0 Å². The van der Waals surface area contributed by atoms with Gasteiger partial charge in [0.05, 0.1) is 18.8 Å². The molecule has 5 heteroatoms. The Balaban J connectivity index is 1.46. The predicted octanol–water partition coefficient (Wildman–Crippen LogP) is 2.53. The minimum absolute atomic E-state index is 0.0138. The Kier molecular flexibility index (Phi) is 5.41. The first kappa shape index (κ1) is 17.2. The molecule has 2 amide bonds. The largest absolute Gasteiger partial charge is 0.373 e. The number of hydrogen-bond donors (Lipinski definition) is 2. The molecule has 0 bridgehead atoms. The van der Waals surface area contributed by atoms with Gasteiger partial charge in [-0.1, -0.05) is 18.2 Å². The average molecular weight is 331 g/mol. The summed E-state index contributed by atoms with van der Waals surface area (Å²) in [4.78, 5) is 14.7. The SMILES string of the molecule is Cc1cccc([C@H](C)NC(=O)NC[C@H]2CN3CCC[C@@H]3CO2)c1C. The summed E-state index contributed by atoms with van der Waals surface area (Å²) in [5.74, 6) is 0. The minimum Gasteiger partial charge on any atom is -0.373 e. The maximum absolute atomic E-state index is 12.2. The van der Waals surface area contributed by atoms with E-state index in [0.717, 1.165) is 13.2 Å². The van der Waals surface area contributed by atoms with Crippen LogP contribution in [0.3, 0.4) is 0 Å². The molecule has 0 radical (unpaired) electrons. The third kappa shape index (κ3) is 3.90. The molecule has 5 nitrogen and oxygen atoms in total. The number of nitrogens with one attached hydrogen (secondary N) is 2. The molecule has 2 heterocycles. The van der Waals surface area contributed by atoms with E-state index in [9.17, 15) is 4.79 Å². The monoisotopic (exact) mass is 331 g/mol. The number of nitrogens with zero attached hydrogens (tertiary/aromatic N) is 1. The second-order valence-electron chi connectivity index (χ2n) is 7.11. The molecule has 0 aromatic heterocycles. The van der Waals surface area contributed by atoms with Crippen molar-refractivity contribution in [2.75, 3.05) is 26.2 Å². The lowest BCUT2D eigenvalue weighted by atomic mass is 9.98. The lowest BCUT2D eigenvalue weighted by Gasteiger charge is -2.35. The number of ether oxygens (including phenoxy) is 1. The zero-order valence-electron chi connectivity index (χ0n) is 15.0. The molecule has 2 aliphatic rings. The number of carbonyl (C=O) groups is 1. The van der Waals surface area contributed by atoms with E-state index in [-0.39, 0.29) is 18.2 Å². The number of rotatable bonds is 4. The molecule has 2 saturated heterocycles. The Bertz CT molecular complexity index is 590. The van der Waals surface area contributed by atoms with Gasteiger partial charge in [0.25, 0.3) is 0 Å². The van der Waals surface area contributed by atoms with Crippen molar-refractivity contribution in [1.29, 1.82) is 0 Å². The highest BCUT2D eigenvalue weighted by molar-refractivity contribution is 5.74. The van der Waals surface area contributed by atoms with Crippen LogP contribution in [0.1, 0.15) is 42.5 Å². The first-order valence-electron chi connectivity index (χ1n) is 9.00. The smallest absolute Gasteiger partial charge is 0.315 e. The van der Waals surface area contributed by atoms with E-state index < -0.39 is 0 Å². The van der Waals surface area contributed by atoms with Crippen LogP contribution in [-0.4, -0.2) is 49.3 Å². The van der Waals surface area contributed by atoms with E-state index in [1.807, 2.05) is 13.0 Å². The molecule has 3 rings (SSSR count). The summed E-state index contributed by atoms with van der Waals surface area (Å²) < 4.78 is 5.88. The summed E-state index contributed by atoms with van der Waals surface area (Å²) in [7, 11) is 0. The summed E-state index contributed by atoms with van der Waals surface area (Å²) in [6.45, 7) is 9.67. The number of aryl methyl sites for hydroxylation is 1. The van der Waals surface area contributed by atoms with Gasteiger partial charge in [-0.15, -0.1) is 0 Å². The minimum atomic E-state index is -0.129. The second kappa shape index (κ2) is 7.53. The topological polar surface area (TPSA) is 53.6 Å². The van der Waals surface area contributed by atoms with Gasteiger partial charge in [0.2, 0.25) is 0 Å². The fourth-order valence-corrected chi connectivity index (χ4v) is 3.78. The van der Waals surface area contributed by atoms with Crippen molar-refractivity contribution in [1.82, 2.24) is 15.5 Å². The van der Waals surface area contributed by atoms with Crippen LogP contribution in [0.5, 0.6) is 0 Å². The molecular formula is C19H29N3O2. The molecule has 2 aliphatic heterocycles. The standard InChI is InChI=1S/C19H29N3O2/c1-13-6-4-8-18(14(13)2)15(3)21-19(23)20-10-17-11-22-9-5-7-16(22)12-24-17/h4,6,8,15-17H,5,7,9-12H2,1-3H3,(H2,20,21,23)/t15-,16+,17-/m0/s1. The lowest BCUT2D eigenvalue weighted by Crippen LogP contribution is -2.51. The van der Waals surface area contributed by atoms with Gasteiger partial charge >= 0.3 is 6.03 Å². The van der Waals surface area contributed by atoms with Crippen molar-refractivity contribution in [3.8, 4) is 0 Å². The second-order valence-corrected chi connectivity index (χ2v) is 7.11. The van der Waals surface area contributed by atoms with Gasteiger partial charge in [-0.05, 0) is 56.8 Å². The van der Waals surface area contributed by atoms with Gasteiger partial charge in [-0.2, -0.15) is 0 Å². The third-order valence-electron chi connectivity index (χ3n) is 5.41. The predicted molar refractivity (Wildman–Crippen MR) is 95.2 cm³/mol. The number of hydrogen-bond acceptors (Lipinski definition) is 3. The Morgan fingerprint density at radius 2 is 2.25 bits per heavy atom. The number of urea groups is 1. The van der Waals surface area contributed by atoms with E-state index in [4.69, 9.17) is 4.74 Å². The van der Waals surface area contributed by atoms with Crippen LogP contribution in [0, 0.1) is 13.8 Å². The highest BCUT2D eigenvalue weighted by Crippen LogP contribution is 2.22. The first-order chi connectivity index (χ1) is 11.5. The number of benzene rings is 1. The van der Waals surface area contributed by atoms with Crippen LogP contribution in [0.15, 0.2) is 18.2 Å². The Labute approximate surface area is 144 Å². The van der Waals surface area contributed by atoms with Crippen molar-refractivity contribution in [3.63, 3.8) is 0 Å². The highest BCUT2D eigenvalue weighted by atomic mass is 16.5. The summed E-state index contributed by atoms with van der Waals surface area (Å²) >= 11 is 0. The molecule has 1 aromatic rings. The van der Waals surface area contributed by atoms with Crippen molar-refractivity contribution in [2.24, 2.45) is 0 Å². The molecule has 0 aliphatic carbocycles. The molecule has 0 saturated carbocycles. The van der Waals surface area contributed by atoms with Gasteiger partial charge in [0.15, 0.2) is 0 Å². The summed E-state index contributed by atoms with van der Waals surface area (Å²) in [6, 6.07) is 6.66. The van der Waals surface area contributed by atoms with Crippen molar-refractivity contribution in [3.05, 3.63) is 34.9 Å². The molecule has 0 spiro atoms. The third-order valence-corrected chi connectivity index (χ3v) is 5.41. The number of morpholine rings is 1. The summed E-state index contributed by atoms with van der Waals surface area (Å²) in [5.41, 5.74) is 3.65. The van der Waals surface area contributed by atoms with Gasteiger partial charge in [-0.25, -0.2) is 4.79 Å². The molecule has 1 aromatic carbocycles. The lowest BCUT2D eigenvalue weighted by molar-refractivity contribution is -0.0458. The van der Waals surface area contributed by atoms with Crippen LogP contribution in [0.25, 0.3) is 0 Å². The summed E-state index contributed by atoms with van der Waals surface area (Å²) in [6.07, 6.45) is 2.61. The fraction of sp³-hybridized carbons (Fsp3) is 0.632. The molecule has 2 fully saturated rings. The Hall–Kier alpha value is -1.59. The maximum atomic E-state index is 12.2. The van der Waals surface area contributed by atoms with Gasteiger partial charge in [0.1, 0.15) is 0 Å². The molecular weight excluding hydrogens is 302 g/mol. The zero-order chi connectivity index (χ0) is 17.1. The van der Waals surface area contributed by atoms with Crippen molar-refractivity contribution < 1.29 is 9.53 Å². The van der Waals surface area contributed by atoms with Crippen LogP contribution >= 0.6 is 0 Å². The number of amides is 2. The summed E-state index contributed by atoms with van der Waals surface area (Å²) in [5, 5.41) is 6.00. The zero-order valence-corrected chi connectivity index (χ0v) is 15.0. The Morgan fingerprint density at radius 3 is 3.08 bits per heavy atom. The van der Waals surface area contributed by atoms with Gasteiger partial charge in [0, 0.05) is 19.1 Å².